The number of rotatable bonds is 2. The smallest absolute Gasteiger partial charge is 0.208 e. The normalized spacial score (nSPS) is 11.8. The zero-order valence-electron chi connectivity index (χ0n) is 7.85. The van der Waals surface area contributed by atoms with Gasteiger partial charge in [0.1, 0.15) is 0 Å². The molecule has 0 aliphatic rings. The summed E-state index contributed by atoms with van der Waals surface area (Å²) < 4.78 is 35.3. The van der Waals surface area contributed by atoms with E-state index in [0.29, 0.717) is 5.39 Å². The van der Waals surface area contributed by atoms with Gasteiger partial charge >= 0.3 is 0 Å². The Balaban J connectivity index is 2.83. The van der Waals surface area contributed by atoms with Gasteiger partial charge in [0.2, 0.25) is 9.84 Å². The van der Waals surface area contributed by atoms with E-state index in [9.17, 15) is 12.8 Å². The molecule has 4 heteroatoms. The van der Waals surface area contributed by atoms with E-state index in [2.05, 4.69) is 0 Å². The number of fused-ring (bicyclic) bond motifs is 1. The second-order valence-electron chi connectivity index (χ2n) is 3.20. The van der Waals surface area contributed by atoms with E-state index >= 15 is 0 Å². The quantitative estimate of drug-likeness (QED) is 0.785. The number of alkyl halides is 1. The van der Waals surface area contributed by atoms with Crippen LogP contribution in [0.3, 0.4) is 0 Å². The zero-order valence-corrected chi connectivity index (χ0v) is 8.67. The summed E-state index contributed by atoms with van der Waals surface area (Å²) in [6.45, 7) is 0. The van der Waals surface area contributed by atoms with Crippen molar-refractivity contribution in [3.8, 4) is 0 Å². The van der Waals surface area contributed by atoms with E-state index in [1.165, 1.54) is 6.07 Å². The van der Waals surface area contributed by atoms with Crippen molar-refractivity contribution in [2.24, 2.45) is 0 Å². The Bertz CT molecular complexity index is 585. The first-order valence-electron chi connectivity index (χ1n) is 4.41. The maximum atomic E-state index is 12.4. The van der Waals surface area contributed by atoms with Crippen LogP contribution < -0.4 is 0 Å². The lowest BCUT2D eigenvalue weighted by molar-refractivity contribution is 0.535. The second kappa shape index (κ2) is 3.62. The van der Waals surface area contributed by atoms with Crippen molar-refractivity contribution < 1.29 is 12.8 Å². The van der Waals surface area contributed by atoms with Crippen molar-refractivity contribution >= 4 is 20.6 Å². The minimum absolute atomic E-state index is 0.0584. The van der Waals surface area contributed by atoms with E-state index in [0.717, 1.165) is 5.39 Å². The van der Waals surface area contributed by atoms with Crippen molar-refractivity contribution in [1.82, 2.24) is 0 Å². The Morgan fingerprint density at radius 3 is 2.40 bits per heavy atom. The number of halogens is 1. The average Bonchev–Trinajstić information content (AvgIpc) is 2.28. The lowest BCUT2D eigenvalue weighted by Gasteiger charge is -2.04. The molecule has 15 heavy (non-hydrogen) atoms. The molecule has 0 bridgehead atoms. The molecule has 2 nitrogen and oxygen atoms in total. The highest BCUT2D eigenvalue weighted by atomic mass is 32.2. The maximum Gasteiger partial charge on any atom is 0.208 e. The molecule has 0 N–H and O–H groups in total. The molecule has 0 radical (unpaired) electrons. The van der Waals surface area contributed by atoms with Crippen molar-refractivity contribution in [1.29, 1.82) is 0 Å². The van der Waals surface area contributed by atoms with Gasteiger partial charge in [-0.15, -0.1) is 0 Å². The summed E-state index contributed by atoms with van der Waals surface area (Å²) in [5.41, 5.74) is 0. The van der Waals surface area contributed by atoms with Gasteiger partial charge in [-0.1, -0.05) is 36.4 Å². The van der Waals surface area contributed by atoms with Crippen molar-refractivity contribution in [2.75, 3.05) is 6.01 Å². The van der Waals surface area contributed by atoms with Gasteiger partial charge in [0.25, 0.3) is 0 Å². The third-order valence-electron chi connectivity index (χ3n) is 2.23. The van der Waals surface area contributed by atoms with E-state index in [1.807, 2.05) is 6.07 Å². The predicted molar refractivity (Wildman–Crippen MR) is 57.1 cm³/mol. The minimum Gasteiger partial charge on any atom is -0.233 e. The van der Waals surface area contributed by atoms with Gasteiger partial charge in [-0.2, -0.15) is 0 Å². The molecule has 0 unspecified atom stereocenters. The first-order chi connectivity index (χ1) is 7.15. The van der Waals surface area contributed by atoms with Gasteiger partial charge in [-0.05, 0) is 11.5 Å². The number of hydrogen-bond acceptors (Lipinski definition) is 2. The van der Waals surface area contributed by atoms with Crippen LogP contribution in [0, 0.1) is 0 Å². The van der Waals surface area contributed by atoms with Gasteiger partial charge in [0.15, 0.2) is 6.01 Å². The SMILES string of the molecule is O=S(=O)(CF)c1cccc2ccccc12. The first kappa shape index (κ1) is 10.1. The fraction of sp³-hybridized carbons (Fsp3) is 0.0909. The molecule has 0 fully saturated rings. The van der Waals surface area contributed by atoms with Crippen LogP contribution in [-0.4, -0.2) is 14.4 Å². The Hall–Kier alpha value is -1.42. The summed E-state index contributed by atoms with van der Waals surface area (Å²) in [5.74, 6) is 0. The lowest BCUT2D eigenvalue weighted by Crippen LogP contribution is -2.03. The molecule has 2 aromatic rings. The van der Waals surface area contributed by atoms with Crippen LogP contribution in [0.5, 0.6) is 0 Å². The summed E-state index contributed by atoms with van der Waals surface area (Å²) in [6.07, 6.45) is 0. The van der Waals surface area contributed by atoms with Crippen molar-refractivity contribution in [2.45, 2.75) is 4.90 Å². The minimum atomic E-state index is -3.79. The van der Waals surface area contributed by atoms with E-state index in [-0.39, 0.29) is 4.90 Å². The molecule has 0 atom stereocenters. The molecule has 78 valence electrons. The number of benzene rings is 2. The molecule has 0 aliphatic heterocycles. The monoisotopic (exact) mass is 224 g/mol. The van der Waals surface area contributed by atoms with Gasteiger partial charge in [0, 0.05) is 5.39 Å². The molecule has 2 aromatic carbocycles. The lowest BCUT2D eigenvalue weighted by atomic mass is 10.1. The molecule has 2 rings (SSSR count). The summed E-state index contributed by atoms with van der Waals surface area (Å²) in [5, 5.41) is 1.37. The first-order valence-corrected chi connectivity index (χ1v) is 6.07. The van der Waals surface area contributed by atoms with Crippen molar-refractivity contribution in [3.63, 3.8) is 0 Å². The van der Waals surface area contributed by atoms with Gasteiger partial charge in [0.05, 0.1) is 4.90 Å². The van der Waals surface area contributed by atoms with Crippen LogP contribution in [0.2, 0.25) is 0 Å². The fourth-order valence-corrected chi connectivity index (χ4v) is 2.45. The summed E-state index contributed by atoms with van der Waals surface area (Å²) >= 11 is 0. The highest BCUT2D eigenvalue weighted by Gasteiger charge is 2.16. The Kier molecular flexibility index (Phi) is 2.44. The Labute approximate surface area is 87.3 Å². The standard InChI is InChI=1S/C11H9FO2S/c12-8-15(13,14)11-7-3-5-9-4-1-2-6-10(9)11/h1-7H,8H2. The molecule has 0 spiro atoms. The molecule has 0 amide bonds. The van der Waals surface area contributed by atoms with Gasteiger partial charge in [-0.3, -0.25) is 0 Å². The van der Waals surface area contributed by atoms with E-state index in [1.54, 1.807) is 30.3 Å². The summed E-state index contributed by atoms with van der Waals surface area (Å²) in [4.78, 5) is 0.0584. The fourth-order valence-electron chi connectivity index (χ4n) is 1.53. The highest BCUT2D eigenvalue weighted by molar-refractivity contribution is 7.91. The largest absolute Gasteiger partial charge is 0.233 e. The molecular formula is C11H9FO2S. The molecule has 0 aliphatic carbocycles. The number of sulfone groups is 1. The summed E-state index contributed by atoms with van der Waals surface area (Å²) in [6, 6.07) is 10.5. The van der Waals surface area contributed by atoms with Gasteiger partial charge < -0.3 is 0 Å². The molecule has 0 aromatic heterocycles. The van der Waals surface area contributed by atoms with Crippen molar-refractivity contribution in [3.05, 3.63) is 42.5 Å². The maximum absolute atomic E-state index is 12.4. The zero-order chi connectivity index (χ0) is 10.9. The third kappa shape index (κ3) is 1.72. The third-order valence-corrected chi connectivity index (χ3v) is 3.54. The average molecular weight is 224 g/mol. The Morgan fingerprint density at radius 2 is 1.67 bits per heavy atom. The van der Waals surface area contributed by atoms with Crippen LogP contribution in [-0.2, 0) is 9.84 Å². The van der Waals surface area contributed by atoms with Gasteiger partial charge in [-0.25, -0.2) is 12.8 Å². The van der Waals surface area contributed by atoms with E-state index in [4.69, 9.17) is 0 Å². The Morgan fingerprint density at radius 1 is 1.00 bits per heavy atom. The van der Waals surface area contributed by atoms with Crippen LogP contribution in [0.4, 0.5) is 4.39 Å². The van der Waals surface area contributed by atoms with Crippen LogP contribution >= 0.6 is 0 Å². The molecular weight excluding hydrogens is 215 g/mol. The molecule has 0 saturated heterocycles. The van der Waals surface area contributed by atoms with E-state index < -0.39 is 15.8 Å². The van der Waals surface area contributed by atoms with Crippen LogP contribution in [0.1, 0.15) is 0 Å². The molecule has 0 saturated carbocycles. The topological polar surface area (TPSA) is 34.1 Å². The highest BCUT2D eigenvalue weighted by Crippen LogP contribution is 2.23. The second-order valence-corrected chi connectivity index (χ2v) is 5.09. The predicted octanol–water partition coefficient (Wildman–Crippen LogP) is 2.54. The molecule has 0 heterocycles. The number of hydrogen-bond donors (Lipinski definition) is 0. The van der Waals surface area contributed by atoms with Crippen LogP contribution in [0.15, 0.2) is 47.4 Å². The van der Waals surface area contributed by atoms with Crippen LogP contribution in [0.25, 0.3) is 10.8 Å². The summed E-state index contributed by atoms with van der Waals surface area (Å²) in [7, 11) is -3.79.